The van der Waals surface area contributed by atoms with Gasteiger partial charge in [-0.1, -0.05) is 22.0 Å². The molecule has 1 atom stereocenters. The third kappa shape index (κ3) is 3.63. The van der Waals surface area contributed by atoms with E-state index >= 15 is 0 Å². The number of aromatic nitrogens is 1. The van der Waals surface area contributed by atoms with Gasteiger partial charge in [-0.2, -0.15) is 0 Å². The van der Waals surface area contributed by atoms with Gasteiger partial charge in [-0.15, -0.1) is 0 Å². The second-order valence-electron chi connectivity index (χ2n) is 3.58. The number of hydrogen-bond donors (Lipinski definition) is 0. The second kappa shape index (κ2) is 5.26. The number of rotatable bonds is 3. The minimum Gasteiger partial charge on any atom is -0.339 e. The van der Waals surface area contributed by atoms with Gasteiger partial charge in [0.05, 0.1) is 17.1 Å². The zero-order valence-electron chi connectivity index (χ0n) is 9.20. The Morgan fingerprint density at radius 2 is 2.27 bits per heavy atom. The van der Waals surface area contributed by atoms with Crippen molar-refractivity contribution in [1.29, 1.82) is 0 Å². The molecule has 0 saturated heterocycles. The van der Waals surface area contributed by atoms with E-state index in [4.69, 9.17) is 0 Å². The molecule has 0 spiro atoms. The molecule has 0 aliphatic heterocycles. The van der Waals surface area contributed by atoms with Gasteiger partial charge < -0.3 is 4.90 Å². The van der Waals surface area contributed by atoms with Gasteiger partial charge in [-0.05, 0) is 26.0 Å². The predicted molar refractivity (Wildman–Crippen MR) is 63.8 cm³/mol. The van der Waals surface area contributed by atoms with Crippen LogP contribution in [0, 0.1) is 6.92 Å². The first-order valence-corrected chi connectivity index (χ1v) is 5.74. The fourth-order valence-corrected chi connectivity index (χ4v) is 1.66. The molecule has 0 aliphatic carbocycles. The Kier molecular flexibility index (Phi) is 4.27. The van der Waals surface area contributed by atoms with E-state index in [0.717, 1.165) is 11.4 Å². The molecule has 15 heavy (non-hydrogen) atoms. The van der Waals surface area contributed by atoms with Crippen LogP contribution >= 0.6 is 15.9 Å². The normalized spacial score (nSPS) is 12.3. The van der Waals surface area contributed by atoms with Crippen molar-refractivity contribution in [3.63, 3.8) is 0 Å². The lowest BCUT2D eigenvalue weighted by molar-refractivity contribution is -0.129. The first kappa shape index (κ1) is 12.2. The Morgan fingerprint density at radius 1 is 1.60 bits per heavy atom. The minimum atomic E-state index is -0.146. The van der Waals surface area contributed by atoms with Gasteiger partial charge in [0, 0.05) is 12.7 Å². The molecule has 0 bridgehead atoms. The lowest BCUT2D eigenvalue weighted by Gasteiger charge is -2.18. The lowest BCUT2D eigenvalue weighted by Crippen LogP contribution is -2.31. The summed E-state index contributed by atoms with van der Waals surface area (Å²) in [7, 11) is 1.78. The van der Waals surface area contributed by atoms with Crippen LogP contribution in [-0.2, 0) is 11.3 Å². The highest BCUT2D eigenvalue weighted by Crippen LogP contribution is 2.06. The minimum absolute atomic E-state index is 0.0679. The molecule has 82 valence electrons. The molecule has 3 nitrogen and oxygen atoms in total. The number of pyridine rings is 1. The van der Waals surface area contributed by atoms with Crippen LogP contribution in [0.5, 0.6) is 0 Å². The molecule has 0 radical (unpaired) electrons. The van der Waals surface area contributed by atoms with Crippen LogP contribution in [0.2, 0.25) is 0 Å². The van der Waals surface area contributed by atoms with Gasteiger partial charge >= 0.3 is 0 Å². The van der Waals surface area contributed by atoms with Gasteiger partial charge in [-0.25, -0.2) is 0 Å². The Labute approximate surface area is 98.6 Å². The number of carbonyl (C=O) groups excluding carboxylic acids is 1. The highest BCUT2D eigenvalue weighted by atomic mass is 79.9. The molecule has 1 unspecified atom stereocenters. The molecule has 0 aromatic carbocycles. The Bertz CT molecular complexity index is 352. The average molecular weight is 271 g/mol. The number of hydrogen-bond acceptors (Lipinski definition) is 2. The number of amides is 1. The summed E-state index contributed by atoms with van der Waals surface area (Å²) in [6.07, 6.45) is 0. The maximum atomic E-state index is 11.6. The van der Waals surface area contributed by atoms with E-state index in [9.17, 15) is 4.79 Å². The number of nitrogens with zero attached hydrogens (tertiary/aromatic N) is 2. The van der Waals surface area contributed by atoms with Crippen LogP contribution in [0.1, 0.15) is 18.3 Å². The standard InChI is InChI=1S/C11H15BrN2O/c1-8-5-4-6-10(13-8)7-14(3)11(15)9(2)12/h4-6,9H,7H2,1-3H3. The summed E-state index contributed by atoms with van der Waals surface area (Å²) in [5, 5.41) is 0. The fraction of sp³-hybridized carbons (Fsp3) is 0.455. The molecular formula is C11H15BrN2O. The quantitative estimate of drug-likeness (QED) is 0.789. The van der Waals surface area contributed by atoms with E-state index in [1.165, 1.54) is 0 Å². The summed E-state index contributed by atoms with van der Waals surface area (Å²) >= 11 is 3.26. The van der Waals surface area contributed by atoms with Crippen molar-refractivity contribution in [1.82, 2.24) is 9.88 Å². The van der Waals surface area contributed by atoms with Crippen molar-refractivity contribution in [2.24, 2.45) is 0 Å². The predicted octanol–water partition coefficient (Wildman–Crippen LogP) is 2.13. The van der Waals surface area contributed by atoms with Gasteiger partial charge in [0.1, 0.15) is 0 Å². The van der Waals surface area contributed by atoms with E-state index in [2.05, 4.69) is 20.9 Å². The molecule has 0 saturated carbocycles. The highest BCUT2D eigenvalue weighted by Gasteiger charge is 2.14. The van der Waals surface area contributed by atoms with Crippen LogP contribution < -0.4 is 0 Å². The second-order valence-corrected chi connectivity index (χ2v) is 4.95. The molecule has 0 fully saturated rings. The summed E-state index contributed by atoms with van der Waals surface area (Å²) in [6.45, 7) is 4.32. The zero-order chi connectivity index (χ0) is 11.4. The monoisotopic (exact) mass is 270 g/mol. The average Bonchev–Trinajstić information content (AvgIpc) is 2.16. The van der Waals surface area contributed by atoms with Crippen molar-refractivity contribution in [2.75, 3.05) is 7.05 Å². The summed E-state index contributed by atoms with van der Waals surface area (Å²) in [5.41, 5.74) is 1.89. The smallest absolute Gasteiger partial charge is 0.236 e. The molecule has 4 heteroatoms. The molecule has 1 aromatic heterocycles. The Hall–Kier alpha value is -0.900. The van der Waals surface area contributed by atoms with E-state index in [1.807, 2.05) is 32.0 Å². The molecule has 0 N–H and O–H groups in total. The van der Waals surface area contributed by atoms with Gasteiger partial charge in [0.2, 0.25) is 5.91 Å². The summed E-state index contributed by atoms with van der Waals surface area (Å²) in [5.74, 6) is 0.0679. The number of halogens is 1. The largest absolute Gasteiger partial charge is 0.339 e. The van der Waals surface area contributed by atoms with Crippen molar-refractivity contribution in [3.05, 3.63) is 29.6 Å². The molecule has 1 rings (SSSR count). The van der Waals surface area contributed by atoms with E-state index in [0.29, 0.717) is 6.54 Å². The van der Waals surface area contributed by atoms with Crippen molar-refractivity contribution in [2.45, 2.75) is 25.2 Å². The molecule has 1 heterocycles. The molecule has 1 amide bonds. The highest BCUT2D eigenvalue weighted by molar-refractivity contribution is 9.10. The third-order valence-electron chi connectivity index (χ3n) is 2.06. The fourth-order valence-electron chi connectivity index (χ4n) is 1.31. The topological polar surface area (TPSA) is 33.2 Å². The first-order valence-electron chi connectivity index (χ1n) is 4.82. The summed E-state index contributed by atoms with van der Waals surface area (Å²) in [6, 6.07) is 5.82. The summed E-state index contributed by atoms with van der Waals surface area (Å²) in [4.78, 5) is 17.5. The first-order chi connectivity index (χ1) is 7.00. The van der Waals surface area contributed by atoms with Crippen LogP contribution in [0.4, 0.5) is 0 Å². The maximum Gasteiger partial charge on any atom is 0.236 e. The third-order valence-corrected chi connectivity index (χ3v) is 2.45. The number of aryl methyl sites for hydroxylation is 1. The van der Waals surface area contributed by atoms with Gasteiger partial charge in [0.25, 0.3) is 0 Å². The molecular weight excluding hydrogens is 256 g/mol. The van der Waals surface area contributed by atoms with Crippen LogP contribution in [0.25, 0.3) is 0 Å². The van der Waals surface area contributed by atoms with Crippen LogP contribution in [-0.4, -0.2) is 27.7 Å². The summed E-state index contributed by atoms with van der Waals surface area (Å²) < 4.78 is 0. The maximum absolute atomic E-state index is 11.6. The Balaban J connectivity index is 2.66. The van der Waals surface area contributed by atoms with Crippen LogP contribution in [0.3, 0.4) is 0 Å². The lowest BCUT2D eigenvalue weighted by atomic mass is 10.3. The SMILES string of the molecule is Cc1cccc(CN(C)C(=O)C(C)Br)n1. The van der Waals surface area contributed by atoms with E-state index in [-0.39, 0.29) is 10.7 Å². The number of alkyl halides is 1. The van der Waals surface area contributed by atoms with Crippen molar-refractivity contribution < 1.29 is 4.79 Å². The van der Waals surface area contributed by atoms with Gasteiger partial charge in [0.15, 0.2) is 0 Å². The van der Waals surface area contributed by atoms with Gasteiger partial charge in [-0.3, -0.25) is 9.78 Å². The van der Waals surface area contributed by atoms with E-state index < -0.39 is 0 Å². The van der Waals surface area contributed by atoms with Crippen molar-refractivity contribution >= 4 is 21.8 Å². The van der Waals surface area contributed by atoms with Crippen molar-refractivity contribution in [3.8, 4) is 0 Å². The molecule has 0 aliphatic rings. The Morgan fingerprint density at radius 3 is 2.80 bits per heavy atom. The zero-order valence-corrected chi connectivity index (χ0v) is 10.8. The molecule has 1 aromatic rings. The number of carbonyl (C=O) groups is 1. The van der Waals surface area contributed by atoms with E-state index in [1.54, 1.807) is 11.9 Å². The van der Waals surface area contributed by atoms with Crippen LogP contribution in [0.15, 0.2) is 18.2 Å².